The zero-order valence-corrected chi connectivity index (χ0v) is 19.1. The van der Waals surface area contributed by atoms with Crippen molar-refractivity contribution >= 4 is 51.4 Å². The maximum absolute atomic E-state index is 14.8. The predicted octanol–water partition coefficient (Wildman–Crippen LogP) is 5.61. The molecule has 1 N–H and O–H groups in total. The van der Waals surface area contributed by atoms with E-state index in [-0.39, 0.29) is 21.8 Å². The fourth-order valence-corrected chi connectivity index (χ4v) is 4.14. The van der Waals surface area contributed by atoms with E-state index in [1.165, 1.54) is 29.1 Å². The number of amides is 1. The van der Waals surface area contributed by atoms with Crippen LogP contribution in [0.15, 0.2) is 48.5 Å². The Bertz CT molecular complexity index is 1380. The number of hydrogen-bond donors (Lipinski definition) is 1. The average molecular weight is 494 g/mol. The Balaban J connectivity index is 1.94. The Morgan fingerprint density at radius 3 is 2.56 bits per heavy atom. The van der Waals surface area contributed by atoms with Crippen LogP contribution in [0, 0.1) is 18.6 Å². The van der Waals surface area contributed by atoms with Crippen molar-refractivity contribution in [3.63, 3.8) is 0 Å². The quantitative estimate of drug-likeness (QED) is 0.375. The van der Waals surface area contributed by atoms with Crippen molar-refractivity contribution in [1.29, 1.82) is 0 Å². The highest BCUT2D eigenvalue weighted by Crippen LogP contribution is 2.35. The molecule has 0 spiro atoms. The molecule has 0 radical (unpaired) electrons. The molecule has 0 bridgehead atoms. The monoisotopic (exact) mass is 493 g/mol. The molecule has 0 saturated carbocycles. The Labute approximate surface area is 195 Å². The number of carbonyl (C=O) groups excluding carboxylic acids is 1. The summed E-state index contributed by atoms with van der Waals surface area (Å²) in [5.74, 6) is -2.25. The van der Waals surface area contributed by atoms with Crippen molar-refractivity contribution in [2.75, 3.05) is 6.26 Å². The lowest BCUT2D eigenvalue weighted by Gasteiger charge is -2.11. The zero-order valence-electron chi connectivity index (χ0n) is 16.7. The van der Waals surface area contributed by atoms with Crippen LogP contribution in [0.5, 0.6) is 0 Å². The topological polar surface area (TPSA) is 70.0 Å². The van der Waals surface area contributed by atoms with Gasteiger partial charge in [-0.15, -0.1) is 0 Å². The second-order valence-electron chi connectivity index (χ2n) is 7.07. The largest absolute Gasteiger partial charge is 0.593 e. The lowest BCUT2D eigenvalue weighted by molar-refractivity contribution is 0.0977. The molecule has 0 aliphatic carbocycles. The van der Waals surface area contributed by atoms with Crippen LogP contribution in [-0.2, 0) is 11.4 Å². The molecule has 1 aromatic heterocycles. The van der Waals surface area contributed by atoms with E-state index >= 15 is 0 Å². The molecule has 0 saturated heterocycles. The van der Waals surface area contributed by atoms with Gasteiger partial charge in [0.15, 0.2) is 0 Å². The first-order valence-electron chi connectivity index (χ1n) is 9.24. The van der Waals surface area contributed by atoms with Gasteiger partial charge in [-0.1, -0.05) is 34.8 Å². The summed E-state index contributed by atoms with van der Waals surface area (Å²) in [5.41, 5.74) is 1.76. The number of aryl methyl sites for hydroxylation is 1. The fraction of sp³-hybridized carbons (Fsp3) is 0.0909. The van der Waals surface area contributed by atoms with Crippen LogP contribution in [0.2, 0.25) is 10.0 Å². The average Bonchev–Trinajstić information content (AvgIpc) is 3.08. The summed E-state index contributed by atoms with van der Waals surface area (Å²) in [5, 5.41) is 5.50. The highest BCUT2D eigenvalue weighted by Gasteiger charge is 2.22. The van der Waals surface area contributed by atoms with Gasteiger partial charge in [-0.25, -0.2) is 13.5 Å². The number of carbonyl (C=O) groups is 1. The summed E-state index contributed by atoms with van der Waals surface area (Å²) in [7, 11) is 0. The Morgan fingerprint density at radius 1 is 1.09 bits per heavy atom. The first kappa shape index (κ1) is 22.5. The van der Waals surface area contributed by atoms with Gasteiger partial charge in [-0.05, 0) is 43.3 Å². The van der Waals surface area contributed by atoms with Gasteiger partial charge in [0.1, 0.15) is 23.6 Å². The van der Waals surface area contributed by atoms with Gasteiger partial charge >= 0.3 is 0 Å². The number of nitrogens with zero attached hydrogens (tertiary/aromatic N) is 2. The molecular weight excluding hydrogens is 479 g/mol. The normalized spacial score (nSPS) is 12.2. The molecule has 1 amide bonds. The van der Waals surface area contributed by atoms with Gasteiger partial charge in [-0.3, -0.25) is 4.79 Å². The number of benzene rings is 3. The third-order valence-electron chi connectivity index (χ3n) is 4.76. The molecule has 10 heteroatoms. The van der Waals surface area contributed by atoms with Crippen molar-refractivity contribution in [1.82, 2.24) is 14.5 Å². The van der Waals surface area contributed by atoms with Gasteiger partial charge in [0.25, 0.3) is 5.91 Å². The van der Waals surface area contributed by atoms with E-state index < -0.39 is 28.9 Å². The third kappa shape index (κ3) is 4.19. The molecule has 0 fully saturated rings. The number of rotatable bonds is 4. The maximum atomic E-state index is 14.8. The van der Waals surface area contributed by atoms with Crippen LogP contribution in [0.3, 0.4) is 0 Å². The minimum Gasteiger partial charge on any atom is -0.593 e. The van der Waals surface area contributed by atoms with Crippen LogP contribution >= 0.6 is 23.2 Å². The lowest BCUT2D eigenvalue weighted by Crippen LogP contribution is -2.30. The van der Waals surface area contributed by atoms with E-state index in [9.17, 15) is 18.1 Å². The van der Waals surface area contributed by atoms with Crippen LogP contribution in [0.4, 0.5) is 8.78 Å². The van der Waals surface area contributed by atoms with E-state index in [2.05, 4.69) is 9.82 Å². The SMILES string of the molecule is Cc1ccc2c(c1)c(-c1cc(Cl)ccc1F)nn2-c1cc(F)c(C(=O)N[S+](C)[O-])cc1Cl. The molecule has 1 unspecified atom stereocenters. The van der Waals surface area contributed by atoms with Crippen molar-refractivity contribution in [3.8, 4) is 16.9 Å². The lowest BCUT2D eigenvalue weighted by atomic mass is 10.1. The van der Waals surface area contributed by atoms with Crippen LogP contribution < -0.4 is 4.72 Å². The van der Waals surface area contributed by atoms with E-state index in [1.54, 1.807) is 6.07 Å². The maximum Gasteiger partial charge on any atom is 0.295 e. The highest BCUT2D eigenvalue weighted by atomic mass is 35.5. The van der Waals surface area contributed by atoms with Gasteiger partial charge in [-0.2, -0.15) is 9.82 Å². The third-order valence-corrected chi connectivity index (χ3v) is 5.78. The van der Waals surface area contributed by atoms with Crippen molar-refractivity contribution < 1.29 is 18.1 Å². The summed E-state index contributed by atoms with van der Waals surface area (Å²) >= 11 is 10.8. The van der Waals surface area contributed by atoms with Gasteiger partial charge in [0, 0.05) is 22.0 Å². The standard InChI is InChI=1S/C22H15Cl2F2N3O2S/c1-11-3-6-19-15(7-11)21(13-8-12(23)4-5-17(13)25)27-29(19)20-10-18(26)14(9-16(20)24)22(30)28-32(2)31/h3-10H,1-2H3,(H,28,30). The number of aromatic nitrogens is 2. The summed E-state index contributed by atoms with van der Waals surface area (Å²) in [6.07, 6.45) is 1.25. The van der Waals surface area contributed by atoms with E-state index in [0.29, 0.717) is 21.6 Å². The fourth-order valence-electron chi connectivity index (χ4n) is 3.35. The van der Waals surface area contributed by atoms with Crippen LogP contribution in [0.1, 0.15) is 15.9 Å². The van der Waals surface area contributed by atoms with Crippen LogP contribution in [0.25, 0.3) is 27.8 Å². The van der Waals surface area contributed by atoms with E-state index in [1.807, 2.05) is 19.1 Å². The highest BCUT2D eigenvalue weighted by molar-refractivity contribution is 7.89. The summed E-state index contributed by atoms with van der Waals surface area (Å²) in [6, 6.07) is 11.8. The first-order chi connectivity index (χ1) is 15.2. The predicted molar refractivity (Wildman–Crippen MR) is 123 cm³/mol. The first-order valence-corrected chi connectivity index (χ1v) is 11.6. The molecule has 1 heterocycles. The molecule has 0 aliphatic heterocycles. The number of fused-ring (bicyclic) bond motifs is 1. The van der Waals surface area contributed by atoms with Crippen molar-refractivity contribution in [3.05, 3.63) is 81.3 Å². The van der Waals surface area contributed by atoms with Gasteiger partial charge in [0.2, 0.25) is 0 Å². The smallest absolute Gasteiger partial charge is 0.295 e. The minimum atomic E-state index is -1.67. The van der Waals surface area contributed by atoms with Crippen molar-refractivity contribution in [2.45, 2.75) is 6.92 Å². The Hall–Kier alpha value is -2.65. The molecule has 3 aromatic carbocycles. The minimum absolute atomic E-state index is 0.0292. The Kier molecular flexibility index (Phi) is 6.13. The molecule has 4 rings (SSSR count). The summed E-state index contributed by atoms with van der Waals surface area (Å²) in [6.45, 7) is 1.88. The van der Waals surface area contributed by atoms with Crippen LogP contribution in [-0.4, -0.2) is 26.5 Å². The second kappa shape index (κ2) is 8.71. The van der Waals surface area contributed by atoms with E-state index in [4.69, 9.17) is 23.2 Å². The van der Waals surface area contributed by atoms with E-state index in [0.717, 1.165) is 17.7 Å². The van der Waals surface area contributed by atoms with Gasteiger partial charge < -0.3 is 4.55 Å². The molecule has 4 aromatic rings. The molecular formula is C22H15Cl2F2N3O2S. The summed E-state index contributed by atoms with van der Waals surface area (Å²) in [4.78, 5) is 12.1. The molecule has 32 heavy (non-hydrogen) atoms. The molecule has 5 nitrogen and oxygen atoms in total. The molecule has 0 aliphatic rings. The summed E-state index contributed by atoms with van der Waals surface area (Å²) < 4.78 is 44.2. The van der Waals surface area contributed by atoms with Gasteiger partial charge in [0.05, 0.1) is 33.2 Å². The zero-order chi connectivity index (χ0) is 23.2. The second-order valence-corrected chi connectivity index (χ2v) is 9.03. The molecule has 1 atom stereocenters. The van der Waals surface area contributed by atoms with Crippen molar-refractivity contribution in [2.24, 2.45) is 0 Å². The number of halogens is 4. The molecule has 164 valence electrons. The number of hydrogen-bond acceptors (Lipinski definition) is 3. The number of nitrogens with one attached hydrogen (secondary N) is 1. The Morgan fingerprint density at radius 2 is 1.84 bits per heavy atom.